The van der Waals surface area contributed by atoms with Crippen molar-refractivity contribution in [2.75, 3.05) is 6.61 Å². The van der Waals surface area contributed by atoms with Crippen LogP contribution in [0.3, 0.4) is 0 Å². The van der Waals surface area contributed by atoms with Crippen LogP contribution in [0.15, 0.2) is 61.2 Å². The molecule has 0 aromatic heterocycles. The molecule has 1 amide bonds. The number of amides is 1. The molecule has 2 aromatic rings. The van der Waals surface area contributed by atoms with Crippen LogP contribution in [0.2, 0.25) is 0 Å². The second-order valence-corrected chi connectivity index (χ2v) is 11.2. The lowest BCUT2D eigenvalue weighted by molar-refractivity contribution is -0.0548. The van der Waals surface area contributed by atoms with E-state index >= 15 is 0 Å². The van der Waals surface area contributed by atoms with Gasteiger partial charge in [0.1, 0.15) is 6.61 Å². The summed E-state index contributed by atoms with van der Waals surface area (Å²) in [5, 5.41) is 11.4. The second-order valence-electron chi connectivity index (χ2n) is 11.2. The second kappa shape index (κ2) is 11.2. The van der Waals surface area contributed by atoms with E-state index in [1.165, 1.54) is 54.4 Å². The number of aliphatic hydroxyl groups is 1. The number of nitrogens with zero attached hydrogens (tertiary/aromatic N) is 1. The summed E-state index contributed by atoms with van der Waals surface area (Å²) in [7, 11) is 0. The zero-order valence-corrected chi connectivity index (χ0v) is 21.5. The molecule has 3 aliphatic rings. The highest BCUT2D eigenvalue weighted by Crippen LogP contribution is 2.46. The van der Waals surface area contributed by atoms with Crippen LogP contribution in [0.25, 0.3) is 11.1 Å². The highest BCUT2D eigenvalue weighted by molar-refractivity contribution is 5.79. The van der Waals surface area contributed by atoms with Gasteiger partial charge in [-0.1, -0.05) is 86.7 Å². The predicted octanol–water partition coefficient (Wildman–Crippen LogP) is 7.60. The normalized spacial score (nSPS) is 24.4. The van der Waals surface area contributed by atoms with Gasteiger partial charge in [-0.05, 0) is 67.2 Å². The van der Waals surface area contributed by atoms with Crippen LogP contribution in [-0.4, -0.2) is 40.4 Å². The van der Waals surface area contributed by atoms with Gasteiger partial charge >= 0.3 is 6.09 Å². The molecule has 36 heavy (non-hydrogen) atoms. The lowest BCUT2D eigenvalue weighted by Gasteiger charge is -2.43. The lowest BCUT2D eigenvalue weighted by Crippen LogP contribution is -2.53. The Hall–Kier alpha value is -2.59. The van der Waals surface area contributed by atoms with Gasteiger partial charge in [0.2, 0.25) is 0 Å². The first kappa shape index (κ1) is 25.1. The highest BCUT2D eigenvalue weighted by atomic mass is 16.6. The maximum atomic E-state index is 13.3. The van der Waals surface area contributed by atoms with Gasteiger partial charge in [0.05, 0.1) is 5.60 Å². The molecule has 2 aromatic carbocycles. The van der Waals surface area contributed by atoms with E-state index < -0.39 is 5.60 Å². The fourth-order valence-corrected chi connectivity index (χ4v) is 6.94. The van der Waals surface area contributed by atoms with Crippen LogP contribution in [-0.2, 0) is 4.74 Å². The fourth-order valence-electron chi connectivity index (χ4n) is 6.94. The van der Waals surface area contributed by atoms with Crippen LogP contribution in [0.4, 0.5) is 4.79 Å². The van der Waals surface area contributed by atoms with Gasteiger partial charge in [-0.25, -0.2) is 4.79 Å². The van der Waals surface area contributed by atoms with Gasteiger partial charge in [-0.15, -0.1) is 6.58 Å². The summed E-state index contributed by atoms with van der Waals surface area (Å²) < 4.78 is 5.98. The van der Waals surface area contributed by atoms with E-state index in [-0.39, 0.29) is 24.1 Å². The van der Waals surface area contributed by atoms with Crippen LogP contribution < -0.4 is 0 Å². The molecule has 2 heterocycles. The molecule has 2 fully saturated rings. The molecule has 192 valence electrons. The van der Waals surface area contributed by atoms with E-state index in [1.807, 2.05) is 11.0 Å². The minimum atomic E-state index is -0.630. The zero-order chi connectivity index (χ0) is 25.0. The van der Waals surface area contributed by atoms with Gasteiger partial charge < -0.3 is 14.7 Å². The maximum Gasteiger partial charge on any atom is 0.410 e. The summed E-state index contributed by atoms with van der Waals surface area (Å²) in [6.07, 6.45) is 14.4. The minimum Gasteiger partial charge on any atom is -0.448 e. The number of rotatable bonds is 11. The molecule has 2 unspecified atom stereocenters. The molecule has 0 saturated carbocycles. The number of unbranched alkanes of at least 4 members (excludes halogenated alkanes) is 6. The van der Waals surface area contributed by atoms with Crippen LogP contribution >= 0.6 is 0 Å². The molecule has 2 saturated heterocycles. The summed E-state index contributed by atoms with van der Waals surface area (Å²) >= 11 is 0. The average molecular weight is 488 g/mol. The maximum absolute atomic E-state index is 13.3. The molecule has 1 N–H and O–H groups in total. The minimum absolute atomic E-state index is 0.0810. The number of hydrogen-bond donors (Lipinski definition) is 1. The summed E-state index contributed by atoms with van der Waals surface area (Å²) in [6.45, 7) is 4.15. The Labute approximate surface area is 216 Å². The van der Waals surface area contributed by atoms with Crippen molar-refractivity contribution in [3.63, 3.8) is 0 Å². The van der Waals surface area contributed by atoms with E-state index in [1.54, 1.807) is 0 Å². The van der Waals surface area contributed by atoms with E-state index in [2.05, 4.69) is 55.1 Å². The number of benzene rings is 2. The monoisotopic (exact) mass is 487 g/mol. The van der Waals surface area contributed by atoms with E-state index in [0.717, 1.165) is 32.1 Å². The number of carbonyl (C=O) groups is 1. The largest absolute Gasteiger partial charge is 0.448 e. The predicted molar refractivity (Wildman–Crippen MR) is 145 cm³/mol. The third kappa shape index (κ3) is 5.25. The van der Waals surface area contributed by atoms with Gasteiger partial charge in [0, 0.05) is 18.0 Å². The first-order valence-electron chi connectivity index (χ1n) is 14.1. The van der Waals surface area contributed by atoms with Crippen molar-refractivity contribution in [3.05, 3.63) is 72.3 Å². The van der Waals surface area contributed by atoms with Crippen molar-refractivity contribution in [1.29, 1.82) is 0 Å². The summed E-state index contributed by atoms with van der Waals surface area (Å²) in [6, 6.07) is 17.1. The number of hydrogen-bond acceptors (Lipinski definition) is 3. The smallest absolute Gasteiger partial charge is 0.410 e. The molecule has 2 aliphatic heterocycles. The Morgan fingerprint density at radius 3 is 2.08 bits per heavy atom. The molecule has 2 bridgehead atoms. The number of carbonyl (C=O) groups excluding carboxylic acids is 1. The summed E-state index contributed by atoms with van der Waals surface area (Å²) in [5.74, 6) is 0.0810. The molecule has 5 rings (SSSR count). The van der Waals surface area contributed by atoms with Crippen LogP contribution in [0.5, 0.6) is 0 Å². The van der Waals surface area contributed by atoms with Crippen molar-refractivity contribution in [3.8, 4) is 11.1 Å². The molecular formula is C32H41NO3. The van der Waals surface area contributed by atoms with E-state index in [9.17, 15) is 9.90 Å². The summed E-state index contributed by atoms with van der Waals surface area (Å²) in [4.78, 5) is 15.2. The SMILES string of the molecule is C=CCCCCCCCCC1(O)CC2CCC(C1)N2C(=O)OCC1c2ccccc2-c2ccccc21. The topological polar surface area (TPSA) is 49.8 Å². The third-order valence-corrected chi connectivity index (χ3v) is 8.70. The van der Waals surface area contributed by atoms with Gasteiger partial charge in [-0.2, -0.15) is 0 Å². The first-order chi connectivity index (χ1) is 17.6. The number of piperidine rings is 1. The number of fused-ring (bicyclic) bond motifs is 5. The van der Waals surface area contributed by atoms with Crippen molar-refractivity contribution in [2.24, 2.45) is 0 Å². The Morgan fingerprint density at radius 2 is 1.47 bits per heavy atom. The standard InChI is InChI=1S/C32H41NO3/c1-2-3-4-5-6-7-8-13-20-32(35)21-24-18-19-25(22-32)33(24)31(34)36-23-30-28-16-11-9-14-26(28)27-15-10-12-17-29(27)30/h2,9-12,14-17,24-25,30,35H,1,3-8,13,18-23H2. The van der Waals surface area contributed by atoms with E-state index in [4.69, 9.17) is 4.74 Å². The van der Waals surface area contributed by atoms with Crippen molar-refractivity contribution >= 4 is 6.09 Å². The van der Waals surface area contributed by atoms with Crippen molar-refractivity contribution < 1.29 is 14.6 Å². The molecule has 4 heteroatoms. The molecular weight excluding hydrogens is 446 g/mol. The molecule has 0 radical (unpaired) electrons. The zero-order valence-electron chi connectivity index (χ0n) is 21.5. The Bertz CT molecular complexity index is 1000. The Kier molecular flexibility index (Phi) is 7.81. The molecule has 0 spiro atoms. The highest BCUT2D eigenvalue weighted by Gasteiger charge is 2.49. The average Bonchev–Trinajstić information content (AvgIpc) is 3.36. The van der Waals surface area contributed by atoms with Crippen molar-refractivity contribution in [1.82, 2.24) is 4.90 Å². The number of allylic oxidation sites excluding steroid dienone is 1. The fraction of sp³-hybridized carbons (Fsp3) is 0.531. The van der Waals surface area contributed by atoms with E-state index in [0.29, 0.717) is 19.4 Å². The van der Waals surface area contributed by atoms with Crippen molar-refractivity contribution in [2.45, 2.75) is 101 Å². The first-order valence-corrected chi connectivity index (χ1v) is 14.1. The van der Waals surface area contributed by atoms with Gasteiger partial charge in [-0.3, -0.25) is 0 Å². The number of ether oxygens (including phenoxy) is 1. The quantitative estimate of drug-likeness (QED) is 0.262. The molecule has 4 nitrogen and oxygen atoms in total. The van der Waals surface area contributed by atoms with Gasteiger partial charge in [0.15, 0.2) is 0 Å². The van der Waals surface area contributed by atoms with Crippen LogP contribution in [0.1, 0.15) is 94.1 Å². The summed E-state index contributed by atoms with van der Waals surface area (Å²) in [5.41, 5.74) is 4.34. The molecule has 1 aliphatic carbocycles. The Morgan fingerprint density at radius 1 is 0.917 bits per heavy atom. The molecule has 2 atom stereocenters. The van der Waals surface area contributed by atoms with Crippen LogP contribution in [0, 0.1) is 0 Å². The lowest BCUT2D eigenvalue weighted by atomic mass is 9.82. The Balaban J connectivity index is 1.13. The van der Waals surface area contributed by atoms with Gasteiger partial charge in [0.25, 0.3) is 0 Å². The third-order valence-electron chi connectivity index (χ3n) is 8.70.